The summed E-state index contributed by atoms with van der Waals surface area (Å²) in [5.41, 5.74) is 1.48. The van der Waals surface area contributed by atoms with Gasteiger partial charge in [-0.25, -0.2) is 5.84 Å². The van der Waals surface area contributed by atoms with Gasteiger partial charge >= 0.3 is 11.8 Å². The molecule has 0 aromatic rings. The molecule has 15 heavy (non-hydrogen) atoms. The van der Waals surface area contributed by atoms with Crippen LogP contribution in [0.15, 0.2) is 0 Å². The van der Waals surface area contributed by atoms with Crippen LogP contribution < -0.4 is 11.3 Å². The second-order valence-corrected chi connectivity index (χ2v) is 3.96. The van der Waals surface area contributed by atoms with Crippen molar-refractivity contribution < 1.29 is 14.3 Å². The van der Waals surface area contributed by atoms with Crippen LogP contribution in [0.25, 0.3) is 0 Å². The summed E-state index contributed by atoms with van der Waals surface area (Å²) in [6.07, 6.45) is 1.71. The first kappa shape index (κ1) is 11.9. The van der Waals surface area contributed by atoms with E-state index in [-0.39, 0.29) is 5.60 Å². The monoisotopic (exact) mass is 215 g/mol. The van der Waals surface area contributed by atoms with Gasteiger partial charge in [-0.05, 0) is 19.8 Å². The van der Waals surface area contributed by atoms with Gasteiger partial charge in [-0.15, -0.1) is 0 Å². The van der Waals surface area contributed by atoms with Crippen molar-refractivity contribution in [1.29, 1.82) is 0 Å². The fourth-order valence-electron chi connectivity index (χ4n) is 1.75. The summed E-state index contributed by atoms with van der Waals surface area (Å²) >= 11 is 0. The topological polar surface area (TPSA) is 84.7 Å². The Morgan fingerprint density at radius 2 is 2.20 bits per heavy atom. The van der Waals surface area contributed by atoms with Gasteiger partial charge in [-0.3, -0.25) is 15.0 Å². The number of hydrazine groups is 1. The Balaban J connectivity index is 2.64. The third kappa shape index (κ3) is 2.66. The number of amides is 2. The lowest BCUT2D eigenvalue weighted by atomic mass is 9.95. The molecule has 0 aromatic carbocycles. The number of nitrogens with one attached hydrogen (secondary N) is 1. The Labute approximate surface area is 88.7 Å². The second kappa shape index (κ2) is 4.59. The van der Waals surface area contributed by atoms with Crippen molar-refractivity contribution in [3.8, 4) is 0 Å². The normalized spacial score (nSPS) is 26.2. The number of methoxy groups -OCH3 is 1. The Morgan fingerprint density at radius 1 is 1.53 bits per heavy atom. The zero-order valence-corrected chi connectivity index (χ0v) is 9.08. The summed E-state index contributed by atoms with van der Waals surface area (Å²) in [6.45, 7) is 2.92. The Bertz CT molecular complexity index is 269. The predicted molar refractivity (Wildman–Crippen MR) is 53.6 cm³/mol. The molecular weight excluding hydrogens is 198 g/mol. The van der Waals surface area contributed by atoms with E-state index in [0.717, 1.165) is 12.8 Å². The highest BCUT2D eigenvalue weighted by Gasteiger charge is 2.34. The van der Waals surface area contributed by atoms with Crippen molar-refractivity contribution >= 4 is 11.8 Å². The molecule has 0 spiro atoms. The van der Waals surface area contributed by atoms with E-state index in [1.54, 1.807) is 7.11 Å². The van der Waals surface area contributed by atoms with Crippen LogP contribution in [0.3, 0.4) is 0 Å². The van der Waals surface area contributed by atoms with Gasteiger partial charge < -0.3 is 9.64 Å². The van der Waals surface area contributed by atoms with E-state index >= 15 is 0 Å². The average molecular weight is 215 g/mol. The van der Waals surface area contributed by atoms with Gasteiger partial charge in [0.2, 0.25) is 0 Å². The van der Waals surface area contributed by atoms with E-state index in [1.165, 1.54) is 4.90 Å². The van der Waals surface area contributed by atoms with Gasteiger partial charge in [0, 0.05) is 20.2 Å². The standard InChI is InChI=1S/C9H17N3O3/c1-9(15-2)4-3-5-12(6-9)8(14)7(13)11-10/h3-6,10H2,1-2H3,(H,11,13). The van der Waals surface area contributed by atoms with Crippen molar-refractivity contribution in [3.63, 3.8) is 0 Å². The lowest BCUT2D eigenvalue weighted by Crippen LogP contribution is -2.54. The number of piperidine rings is 1. The molecule has 6 nitrogen and oxygen atoms in total. The molecule has 6 heteroatoms. The van der Waals surface area contributed by atoms with Crippen molar-refractivity contribution in [1.82, 2.24) is 10.3 Å². The van der Waals surface area contributed by atoms with E-state index in [1.807, 2.05) is 12.3 Å². The SMILES string of the molecule is COC1(C)CCCN(C(=O)C(=O)NN)C1. The maximum absolute atomic E-state index is 11.5. The number of hydrogen-bond donors (Lipinski definition) is 2. The largest absolute Gasteiger partial charge is 0.377 e. The number of likely N-dealkylation sites (tertiary alicyclic amines) is 1. The lowest BCUT2D eigenvalue weighted by Gasteiger charge is -2.38. The third-order valence-electron chi connectivity index (χ3n) is 2.76. The van der Waals surface area contributed by atoms with Crippen molar-refractivity contribution in [3.05, 3.63) is 0 Å². The molecule has 1 aliphatic rings. The van der Waals surface area contributed by atoms with Crippen LogP contribution in [0, 0.1) is 0 Å². The summed E-state index contributed by atoms with van der Waals surface area (Å²) in [5.74, 6) is 3.52. The molecule has 1 atom stereocenters. The Morgan fingerprint density at radius 3 is 2.73 bits per heavy atom. The zero-order chi connectivity index (χ0) is 11.5. The van der Waals surface area contributed by atoms with Crippen molar-refractivity contribution in [2.24, 2.45) is 5.84 Å². The Kier molecular flexibility index (Phi) is 3.65. The minimum Gasteiger partial charge on any atom is -0.377 e. The molecule has 0 radical (unpaired) electrons. The van der Waals surface area contributed by atoms with E-state index in [2.05, 4.69) is 0 Å². The molecule has 1 unspecified atom stereocenters. The van der Waals surface area contributed by atoms with Gasteiger partial charge in [-0.2, -0.15) is 0 Å². The number of carbonyl (C=O) groups is 2. The van der Waals surface area contributed by atoms with Crippen LogP contribution in [0.2, 0.25) is 0 Å². The van der Waals surface area contributed by atoms with Crippen LogP contribution in [0.1, 0.15) is 19.8 Å². The number of carbonyl (C=O) groups excluding carboxylic acids is 2. The molecule has 1 saturated heterocycles. The highest BCUT2D eigenvalue weighted by atomic mass is 16.5. The van der Waals surface area contributed by atoms with Crippen molar-refractivity contribution in [2.75, 3.05) is 20.2 Å². The summed E-state index contributed by atoms with van der Waals surface area (Å²) in [5, 5.41) is 0. The quantitative estimate of drug-likeness (QED) is 0.254. The van der Waals surface area contributed by atoms with E-state index in [9.17, 15) is 9.59 Å². The van der Waals surface area contributed by atoms with Crippen LogP contribution in [0.5, 0.6) is 0 Å². The third-order valence-corrected chi connectivity index (χ3v) is 2.76. The summed E-state index contributed by atoms with van der Waals surface area (Å²) in [6, 6.07) is 0. The number of hydrogen-bond acceptors (Lipinski definition) is 4. The van der Waals surface area contributed by atoms with Gasteiger partial charge in [0.1, 0.15) is 0 Å². The van der Waals surface area contributed by atoms with Crippen LogP contribution in [-0.4, -0.2) is 42.5 Å². The molecule has 0 aromatic heterocycles. The smallest absolute Gasteiger partial charge is 0.323 e. The first-order chi connectivity index (χ1) is 7.02. The molecule has 0 aliphatic carbocycles. The maximum atomic E-state index is 11.5. The maximum Gasteiger partial charge on any atom is 0.323 e. The molecule has 0 bridgehead atoms. The van der Waals surface area contributed by atoms with E-state index in [4.69, 9.17) is 10.6 Å². The average Bonchev–Trinajstić information content (AvgIpc) is 2.27. The van der Waals surface area contributed by atoms with Gasteiger partial charge in [0.25, 0.3) is 0 Å². The summed E-state index contributed by atoms with van der Waals surface area (Å²) < 4.78 is 5.32. The number of rotatable bonds is 1. The lowest BCUT2D eigenvalue weighted by molar-refractivity contribution is -0.150. The first-order valence-electron chi connectivity index (χ1n) is 4.87. The molecule has 1 rings (SSSR count). The molecule has 86 valence electrons. The van der Waals surface area contributed by atoms with Gasteiger partial charge in [0.05, 0.1) is 5.60 Å². The Hall–Kier alpha value is -1.14. The summed E-state index contributed by atoms with van der Waals surface area (Å²) in [7, 11) is 1.61. The van der Waals surface area contributed by atoms with E-state index < -0.39 is 11.8 Å². The van der Waals surface area contributed by atoms with Crippen LogP contribution in [-0.2, 0) is 14.3 Å². The minimum atomic E-state index is -0.782. The highest BCUT2D eigenvalue weighted by Crippen LogP contribution is 2.23. The van der Waals surface area contributed by atoms with Gasteiger partial charge in [0.15, 0.2) is 0 Å². The number of ether oxygens (including phenoxy) is 1. The fraction of sp³-hybridized carbons (Fsp3) is 0.778. The number of nitrogens with two attached hydrogens (primary N) is 1. The van der Waals surface area contributed by atoms with Gasteiger partial charge in [-0.1, -0.05) is 0 Å². The molecule has 1 aliphatic heterocycles. The fourth-order valence-corrected chi connectivity index (χ4v) is 1.75. The zero-order valence-electron chi connectivity index (χ0n) is 9.08. The molecule has 2 amide bonds. The second-order valence-electron chi connectivity index (χ2n) is 3.96. The highest BCUT2D eigenvalue weighted by molar-refractivity contribution is 6.34. The van der Waals surface area contributed by atoms with E-state index in [0.29, 0.717) is 13.1 Å². The molecule has 3 N–H and O–H groups in total. The predicted octanol–water partition coefficient (Wildman–Crippen LogP) is -0.996. The number of nitrogens with zero attached hydrogens (tertiary/aromatic N) is 1. The van der Waals surface area contributed by atoms with Crippen LogP contribution in [0.4, 0.5) is 0 Å². The molecular formula is C9H17N3O3. The minimum absolute atomic E-state index is 0.358. The molecule has 1 fully saturated rings. The molecule has 0 saturated carbocycles. The molecule has 1 heterocycles. The summed E-state index contributed by atoms with van der Waals surface area (Å²) in [4.78, 5) is 24.0. The first-order valence-corrected chi connectivity index (χ1v) is 4.87. The van der Waals surface area contributed by atoms with Crippen LogP contribution >= 0.6 is 0 Å². The van der Waals surface area contributed by atoms with Crippen molar-refractivity contribution in [2.45, 2.75) is 25.4 Å².